The number of piperidine rings is 1. The average molecular weight is 890 g/mol. The molecule has 3 N–H and O–H groups in total. The number of aryl methyl sites for hydroxylation is 2. The van der Waals surface area contributed by atoms with E-state index in [0.717, 1.165) is 98.4 Å². The predicted octanol–water partition coefficient (Wildman–Crippen LogP) is 7.73. The molecule has 328 valence electrons. The van der Waals surface area contributed by atoms with Crippen LogP contribution in [0.25, 0.3) is 22.1 Å². The van der Waals surface area contributed by atoms with Crippen LogP contribution in [0.15, 0.2) is 65.7 Å². The van der Waals surface area contributed by atoms with Gasteiger partial charge in [0, 0.05) is 79.5 Å². The molecule has 63 heavy (non-hydrogen) atoms. The number of likely N-dealkylation sites (tertiary alicyclic amines) is 1. The van der Waals surface area contributed by atoms with Crippen molar-refractivity contribution in [3.8, 4) is 39.6 Å². The van der Waals surface area contributed by atoms with Crippen LogP contribution in [0.1, 0.15) is 89.4 Å². The number of amides is 1. The van der Waals surface area contributed by atoms with Crippen molar-refractivity contribution >= 4 is 34.6 Å². The number of rotatable bonds is 10. The van der Waals surface area contributed by atoms with Gasteiger partial charge in [0.25, 0.3) is 0 Å². The maximum atomic E-state index is 14.1. The Morgan fingerprint density at radius 3 is 2.22 bits per heavy atom. The summed E-state index contributed by atoms with van der Waals surface area (Å²) in [5.41, 5.74) is 6.90. The summed E-state index contributed by atoms with van der Waals surface area (Å²) in [5.74, 6) is 2.28. The monoisotopic (exact) mass is 888 g/mol. The highest BCUT2D eigenvalue weighted by Crippen LogP contribution is 2.41. The topological polar surface area (TPSA) is 161 Å². The van der Waals surface area contributed by atoms with E-state index < -0.39 is 6.04 Å². The van der Waals surface area contributed by atoms with Gasteiger partial charge in [0.2, 0.25) is 5.91 Å². The Hall–Kier alpha value is -5.61. The second kappa shape index (κ2) is 17.5. The molecule has 2 saturated heterocycles. The number of aromatic hydroxyl groups is 3. The van der Waals surface area contributed by atoms with Crippen LogP contribution < -0.4 is 0 Å². The minimum absolute atomic E-state index is 0.00883. The first kappa shape index (κ1) is 42.7. The quantitative estimate of drug-likeness (QED) is 0.124. The van der Waals surface area contributed by atoms with Gasteiger partial charge in [-0.1, -0.05) is 54.8 Å². The van der Waals surface area contributed by atoms with E-state index in [1.54, 1.807) is 17.4 Å². The maximum absolute atomic E-state index is 14.1. The molecule has 0 radical (unpaired) electrons. The lowest BCUT2D eigenvalue weighted by molar-refractivity contribution is -0.133. The lowest BCUT2D eigenvalue weighted by Gasteiger charge is -2.39. The molecule has 0 bridgehead atoms. The zero-order valence-corrected chi connectivity index (χ0v) is 37.9. The number of aromatic nitrogens is 6. The number of carbonyl (C=O) groups is 1. The zero-order valence-electron chi connectivity index (χ0n) is 36.3. The van der Waals surface area contributed by atoms with Crippen LogP contribution in [0.3, 0.4) is 0 Å². The van der Waals surface area contributed by atoms with Crippen molar-refractivity contribution in [1.29, 1.82) is 0 Å². The number of hydrogen-bond donors (Lipinski definition) is 3. The van der Waals surface area contributed by atoms with Gasteiger partial charge < -0.3 is 25.1 Å². The first-order valence-electron chi connectivity index (χ1n) is 21.7. The summed E-state index contributed by atoms with van der Waals surface area (Å²) < 4.78 is 3.60. The summed E-state index contributed by atoms with van der Waals surface area (Å²) in [6.45, 7) is 17.4. The van der Waals surface area contributed by atoms with Gasteiger partial charge in [-0.25, -0.2) is 4.57 Å². The Morgan fingerprint density at radius 1 is 0.825 bits per heavy atom. The van der Waals surface area contributed by atoms with Crippen LogP contribution in [-0.2, 0) is 11.3 Å². The van der Waals surface area contributed by atoms with Crippen molar-refractivity contribution in [2.75, 3.05) is 45.8 Å². The number of piperazine rings is 1. The molecule has 0 saturated carbocycles. The van der Waals surface area contributed by atoms with Gasteiger partial charge in [-0.15, -0.1) is 26.6 Å². The number of nitrogens with zero attached hydrogens (tertiary/aromatic N) is 10. The summed E-state index contributed by atoms with van der Waals surface area (Å²) in [6, 6.07) is 17.9. The second-order valence-electron chi connectivity index (χ2n) is 17.4. The van der Waals surface area contributed by atoms with Gasteiger partial charge in [0.1, 0.15) is 28.4 Å². The molecule has 2 fully saturated rings. The van der Waals surface area contributed by atoms with E-state index in [1.165, 1.54) is 21.1 Å². The van der Waals surface area contributed by atoms with Gasteiger partial charge in [-0.2, -0.15) is 0 Å². The number of aliphatic imine (C=N–C) groups is 1. The molecule has 16 heteroatoms. The fourth-order valence-corrected chi connectivity index (χ4v) is 10.6. The molecular formula is C47H53ClN10O4S. The van der Waals surface area contributed by atoms with Gasteiger partial charge >= 0.3 is 6.01 Å². The summed E-state index contributed by atoms with van der Waals surface area (Å²) >= 11 is 8.00. The number of phenols is 2. The normalized spacial score (nSPS) is 17.5. The number of fused-ring (bicyclic) bond motifs is 3. The molecule has 0 aliphatic carbocycles. The Kier molecular flexibility index (Phi) is 11.9. The molecule has 9 rings (SSSR count). The Bertz CT molecular complexity index is 2670. The molecule has 0 spiro atoms. The fourth-order valence-electron chi connectivity index (χ4n) is 9.22. The van der Waals surface area contributed by atoms with Crippen molar-refractivity contribution in [2.24, 2.45) is 10.9 Å². The minimum Gasteiger partial charge on any atom is -0.508 e. The largest absolute Gasteiger partial charge is 0.508 e. The van der Waals surface area contributed by atoms with E-state index in [1.807, 2.05) is 74.2 Å². The summed E-state index contributed by atoms with van der Waals surface area (Å²) in [6.07, 6.45) is 2.18. The minimum atomic E-state index is -0.476. The van der Waals surface area contributed by atoms with Crippen molar-refractivity contribution in [2.45, 2.75) is 72.4 Å². The van der Waals surface area contributed by atoms with Crippen LogP contribution in [-0.4, -0.2) is 117 Å². The SMILES string of the molecule is Cc1sc2c(c1C)C(c1ccc(Cl)cc1)=N[C@@H](CC(=O)N1CCC(CN3CCN(Cc4ccc(-n5c(O)nnc5-c5cc(C(C)C)c(O)cc5O)cc4)CC3)CC1)c1nnc(C)n1-2. The third-order valence-corrected chi connectivity index (χ3v) is 14.4. The number of carbonyl (C=O) groups excluding carboxylic acids is 1. The highest BCUT2D eigenvalue weighted by atomic mass is 35.5. The molecule has 0 unspecified atom stereocenters. The molecule has 3 aliphatic heterocycles. The number of halogens is 1. The highest BCUT2D eigenvalue weighted by molar-refractivity contribution is 7.15. The van der Waals surface area contributed by atoms with E-state index in [0.29, 0.717) is 33.6 Å². The predicted molar refractivity (Wildman–Crippen MR) is 245 cm³/mol. The van der Waals surface area contributed by atoms with E-state index in [4.69, 9.17) is 16.6 Å². The molecular weight excluding hydrogens is 836 g/mol. The lowest BCUT2D eigenvalue weighted by atomic mass is 9.95. The molecule has 1 atom stereocenters. The average Bonchev–Trinajstić information content (AvgIpc) is 3.91. The molecule has 6 aromatic rings. The van der Waals surface area contributed by atoms with Gasteiger partial charge in [0.05, 0.1) is 23.4 Å². The number of hydrogen-bond acceptors (Lipinski definition) is 12. The van der Waals surface area contributed by atoms with E-state index in [2.05, 4.69) is 48.6 Å². The van der Waals surface area contributed by atoms with Crippen LogP contribution in [0.5, 0.6) is 17.5 Å². The third kappa shape index (κ3) is 8.46. The first-order valence-corrected chi connectivity index (χ1v) is 22.9. The second-order valence-corrected chi connectivity index (χ2v) is 19.1. The number of thiophene rings is 1. The maximum Gasteiger partial charge on any atom is 0.319 e. The molecule has 3 aliphatic rings. The summed E-state index contributed by atoms with van der Waals surface area (Å²) in [5, 5.41) is 50.5. The Morgan fingerprint density at radius 2 is 1.52 bits per heavy atom. The summed E-state index contributed by atoms with van der Waals surface area (Å²) in [7, 11) is 0. The van der Waals surface area contributed by atoms with Crippen molar-refractivity contribution in [1.82, 2.24) is 44.2 Å². The van der Waals surface area contributed by atoms with Crippen LogP contribution in [0, 0.1) is 26.7 Å². The first-order chi connectivity index (χ1) is 30.3. The molecule has 14 nitrogen and oxygen atoms in total. The van der Waals surface area contributed by atoms with Gasteiger partial charge in [-0.05, 0) is 92.5 Å². The zero-order chi connectivity index (χ0) is 44.1. The van der Waals surface area contributed by atoms with E-state index in [9.17, 15) is 20.1 Å². The highest BCUT2D eigenvalue weighted by Gasteiger charge is 2.34. The molecule has 1 amide bonds. The Balaban J connectivity index is 0.788. The molecule has 3 aromatic heterocycles. The van der Waals surface area contributed by atoms with Crippen molar-refractivity contribution in [3.63, 3.8) is 0 Å². The van der Waals surface area contributed by atoms with Crippen LogP contribution >= 0.6 is 22.9 Å². The number of phenolic OH excluding ortho intramolecular Hbond substituents is 2. The molecule has 3 aromatic carbocycles. The van der Waals surface area contributed by atoms with Gasteiger partial charge in [-0.3, -0.25) is 19.3 Å². The van der Waals surface area contributed by atoms with Crippen molar-refractivity contribution < 1.29 is 20.1 Å². The van der Waals surface area contributed by atoms with Gasteiger partial charge in [0.15, 0.2) is 11.6 Å². The smallest absolute Gasteiger partial charge is 0.319 e. The van der Waals surface area contributed by atoms with Crippen molar-refractivity contribution in [3.05, 3.63) is 110 Å². The Labute approximate surface area is 376 Å². The number of benzene rings is 3. The van der Waals surface area contributed by atoms with Crippen LogP contribution in [0.2, 0.25) is 5.02 Å². The van der Waals surface area contributed by atoms with E-state index in [-0.39, 0.29) is 41.6 Å². The fraction of sp³-hybridized carbons (Fsp3) is 0.404. The van der Waals surface area contributed by atoms with E-state index >= 15 is 0 Å². The third-order valence-electron chi connectivity index (χ3n) is 12.9. The van der Waals surface area contributed by atoms with Crippen LogP contribution in [0.4, 0.5) is 0 Å². The molecule has 6 heterocycles. The lowest BCUT2D eigenvalue weighted by Crippen LogP contribution is -2.48. The standard InChI is InChI=1S/C47H53ClN10O4S/c1-27(2)36-22-37(40(60)24-39(36)59)44-51-53-47(62)58(44)35-12-6-31(7-13-35)25-54-18-20-55(21-19-54)26-32-14-16-56(17-15-32)41(61)23-38-45-52-50-30(5)57(45)46-42(28(3)29(4)63-46)43(49-38)33-8-10-34(48)11-9-33/h6-13,22,24,27,32,38,59-60H,14-21,23,25-26H2,1-5H3,(H,53,62)/t38-/m0/s1. The summed E-state index contributed by atoms with van der Waals surface area (Å²) in [4.78, 5) is 27.6.